The molecule has 0 fully saturated rings. The van der Waals surface area contributed by atoms with Crippen molar-refractivity contribution in [3.05, 3.63) is 112 Å². The fourth-order valence-electron chi connectivity index (χ4n) is 5.31. The molecule has 40 heavy (non-hydrogen) atoms. The van der Waals surface area contributed by atoms with Crippen LogP contribution in [0.3, 0.4) is 0 Å². The predicted molar refractivity (Wildman–Crippen MR) is 155 cm³/mol. The minimum absolute atomic E-state index is 0.0589. The number of benzene rings is 3. The first kappa shape index (κ1) is 25.3. The molecule has 0 saturated carbocycles. The number of aromatic nitrogens is 1. The van der Waals surface area contributed by atoms with Crippen molar-refractivity contribution in [3.63, 3.8) is 0 Å². The number of nitrogens with zero attached hydrogens (tertiary/aromatic N) is 2. The van der Waals surface area contributed by atoms with Crippen LogP contribution in [0.1, 0.15) is 27.2 Å². The zero-order valence-corrected chi connectivity index (χ0v) is 22.4. The van der Waals surface area contributed by atoms with E-state index in [4.69, 9.17) is 4.74 Å². The second-order valence-electron chi connectivity index (χ2n) is 9.51. The molecule has 0 atom stereocenters. The van der Waals surface area contributed by atoms with Crippen LogP contribution in [0.4, 0.5) is 5.00 Å². The van der Waals surface area contributed by atoms with E-state index in [9.17, 15) is 19.6 Å². The Hall–Kier alpha value is -5.00. The molecule has 0 spiro atoms. The van der Waals surface area contributed by atoms with Crippen LogP contribution in [-0.2, 0) is 29.4 Å². The van der Waals surface area contributed by atoms with Gasteiger partial charge in [0.25, 0.3) is 11.5 Å². The van der Waals surface area contributed by atoms with Crippen molar-refractivity contribution >= 4 is 39.0 Å². The third-order valence-electron chi connectivity index (χ3n) is 7.17. The minimum Gasteiger partial charge on any atom is -0.451 e. The van der Waals surface area contributed by atoms with Crippen molar-refractivity contribution in [1.29, 1.82) is 5.26 Å². The molecule has 1 amide bonds. The number of anilines is 1. The zero-order chi connectivity index (χ0) is 27.8. The molecule has 1 N–H and O–H groups in total. The molecule has 0 unspecified atom stereocenters. The highest BCUT2D eigenvalue weighted by molar-refractivity contribution is 7.20. The van der Waals surface area contributed by atoms with Gasteiger partial charge >= 0.3 is 5.97 Å². The molecule has 196 valence electrons. The summed E-state index contributed by atoms with van der Waals surface area (Å²) in [6.45, 7) is -0.571. The van der Waals surface area contributed by atoms with Gasteiger partial charge in [0.05, 0.1) is 5.56 Å². The molecule has 2 heterocycles. The first-order chi connectivity index (χ1) is 19.5. The van der Waals surface area contributed by atoms with Crippen molar-refractivity contribution in [3.8, 4) is 27.6 Å². The molecule has 0 aliphatic heterocycles. The number of rotatable bonds is 5. The Labute approximate surface area is 233 Å². The van der Waals surface area contributed by atoms with Gasteiger partial charge in [-0.2, -0.15) is 5.26 Å². The predicted octanol–water partition coefficient (Wildman–Crippen LogP) is 5.70. The van der Waals surface area contributed by atoms with Crippen LogP contribution in [0.15, 0.2) is 83.7 Å². The number of esters is 1. The number of hydrogen-bond acceptors (Lipinski definition) is 6. The standard InChI is InChI=1S/C32H23N3O4S/c1-35-28(27(20-10-3-2-4-11-20)22-13-7-8-14-24(22)31(35)37)32(38)39-18-26(36)34-30-25(17-33)23-16-15-19-9-5-6-12-21(19)29(23)40-30/h2-14H,15-16,18H2,1H3,(H,34,36). The molecule has 0 radical (unpaired) electrons. The van der Waals surface area contributed by atoms with E-state index in [0.717, 1.165) is 34.4 Å². The monoisotopic (exact) mass is 545 g/mol. The van der Waals surface area contributed by atoms with Gasteiger partial charge in [-0.05, 0) is 46.5 Å². The zero-order valence-electron chi connectivity index (χ0n) is 21.6. The van der Waals surface area contributed by atoms with Crippen molar-refractivity contribution in [2.75, 3.05) is 11.9 Å². The Kier molecular flexibility index (Phi) is 6.50. The molecule has 2 aromatic heterocycles. The third kappa shape index (κ3) is 4.27. The molecule has 1 aliphatic carbocycles. The largest absolute Gasteiger partial charge is 0.451 e. The first-order valence-corrected chi connectivity index (χ1v) is 13.6. The lowest BCUT2D eigenvalue weighted by molar-refractivity contribution is -0.119. The van der Waals surface area contributed by atoms with Crippen LogP contribution in [-0.4, -0.2) is 23.1 Å². The number of hydrogen-bond donors (Lipinski definition) is 1. The number of nitriles is 1. The summed E-state index contributed by atoms with van der Waals surface area (Å²) in [7, 11) is 1.52. The van der Waals surface area contributed by atoms with Gasteiger partial charge in [-0.3, -0.25) is 9.59 Å². The van der Waals surface area contributed by atoms with E-state index in [1.807, 2.05) is 54.6 Å². The van der Waals surface area contributed by atoms with E-state index in [1.54, 1.807) is 18.2 Å². The summed E-state index contributed by atoms with van der Waals surface area (Å²) in [5.74, 6) is -1.36. The smallest absolute Gasteiger partial charge is 0.356 e. The summed E-state index contributed by atoms with van der Waals surface area (Å²) in [6, 6.07) is 26.7. The van der Waals surface area contributed by atoms with Crippen LogP contribution in [0, 0.1) is 11.3 Å². The summed E-state index contributed by atoms with van der Waals surface area (Å²) < 4.78 is 6.72. The van der Waals surface area contributed by atoms with E-state index in [-0.39, 0.29) is 11.3 Å². The summed E-state index contributed by atoms with van der Waals surface area (Å²) in [6.07, 6.45) is 1.54. The Morgan fingerprint density at radius 2 is 1.68 bits per heavy atom. The average Bonchev–Trinajstić information content (AvgIpc) is 3.35. The van der Waals surface area contributed by atoms with E-state index in [1.165, 1.54) is 28.5 Å². The summed E-state index contributed by atoms with van der Waals surface area (Å²) in [5.41, 5.74) is 4.67. The van der Waals surface area contributed by atoms with Crippen LogP contribution < -0.4 is 10.9 Å². The summed E-state index contributed by atoms with van der Waals surface area (Å²) in [4.78, 5) is 40.4. The maximum atomic E-state index is 13.4. The van der Waals surface area contributed by atoms with Crippen LogP contribution in [0.5, 0.6) is 0 Å². The number of fused-ring (bicyclic) bond motifs is 4. The molecule has 0 bridgehead atoms. The van der Waals surface area contributed by atoms with Crippen molar-refractivity contribution in [2.24, 2.45) is 7.05 Å². The van der Waals surface area contributed by atoms with Crippen LogP contribution >= 0.6 is 11.3 Å². The van der Waals surface area contributed by atoms with E-state index >= 15 is 0 Å². The lowest BCUT2D eigenvalue weighted by atomic mass is 9.90. The van der Waals surface area contributed by atoms with Crippen molar-refractivity contribution < 1.29 is 14.3 Å². The van der Waals surface area contributed by atoms with Gasteiger partial charge in [0.2, 0.25) is 0 Å². The Morgan fingerprint density at radius 1 is 0.975 bits per heavy atom. The number of amides is 1. The lowest BCUT2D eigenvalue weighted by Gasteiger charge is -2.16. The fraction of sp³-hybridized carbons (Fsp3) is 0.125. The highest BCUT2D eigenvalue weighted by Crippen LogP contribution is 2.44. The minimum atomic E-state index is -0.792. The maximum Gasteiger partial charge on any atom is 0.356 e. The fourth-order valence-corrected chi connectivity index (χ4v) is 6.59. The van der Waals surface area contributed by atoms with Gasteiger partial charge in [0, 0.05) is 22.9 Å². The second-order valence-corrected chi connectivity index (χ2v) is 10.5. The number of aryl methyl sites for hydroxylation is 1. The Morgan fingerprint density at radius 3 is 2.45 bits per heavy atom. The molecule has 0 saturated heterocycles. The summed E-state index contributed by atoms with van der Waals surface area (Å²) in [5, 5.41) is 14.2. The first-order valence-electron chi connectivity index (χ1n) is 12.8. The van der Waals surface area contributed by atoms with Crippen molar-refractivity contribution in [2.45, 2.75) is 12.8 Å². The number of carbonyl (C=O) groups excluding carboxylic acids is 2. The molecule has 5 aromatic rings. The van der Waals surface area contributed by atoms with Crippen LogP contribution in [0.2, 0.25) is 0 Å². The summed E-state index contributed by atoms with van der Waals surface area (Å²) >= 11 is 1.35. The topological polar surface area (TPSA) is 101 Å². The van der Waals surface area contributed by atoms with E-state index < -0.39 is 18.5 Å². The normalized spacial score (nSPS) is 11.8. The quantitative estimate of drug-likeness (QED) is 0.286. The van der Waals surface area contributed by atoms with Gasteiger partial charge in [-0.25, -0.2) is 4.79 Å². The molecule has 8 heteroatoms. The van der Waals surface area contributed by atoms with Gasteiger partial charge in [-0.1, -0.05) is 72.8 Å². The number of pyridine rings is 1. The highest BCUT2D eigenvalue weighted by atomic mass is 32.1. The Balaban J connectivity index is 1.29. The van der Waals surface area contributed by atoms with Gasteiger partial charge in [0.1, 0.15) is 16.8 Å². The number of carbonyl (C=O) groups is 2. The van der Waals surface area contributed by atoms with Gasteiger partial charge in [0.15, 0.2) is 6.61 Å². The molecule has 3 aromatic carbocycles. The maximum absolute atomic E-state index is 13.4. The van der Waals surface area contributed by atoms with E-state index in [2.05, 4.69) is 17.5 Å². The molecular formula is C32H23N3O4S. The highest BCUT2D eigenvalue weighted by Gasteiger charge is 2.27. The average molecular weight is 546 g/mol. The van der Waals surface area contributed by atoms with Crippen molar-refractivity contribution in [1.82, 2.24) is 4.57 Å². The van der Waals surface area contributed by atoms with Gasteiger partial charge < -0.3 is 14.6 Å². The third-order valence-corrected chi connectivity index (χ3v) is 8.35. The SMILES string of the molecule is Cn1c(C(=O)OCC(=O)Nc2sc3c(c2C#N)CCc2ccccc2-3)c(-c2ccccc2)c2ccccc2c1=O. The second kappa shape index (κ2) is 10.3. The number of thiophene rings is 1. The molecule has 7 nitrogen and oxygen atoms in total. The number of nitrogens with one attached hydrogen (secondary N) is 1. The lowest BCUT2D eigenvalue weighted by Crippen LogP contribution is -2.28. The number of ether oxygens (including phenoxy) is 1. The molecule has 6 rings (SSSR count). The molecule has 1 aliphatic rings. The van der Waals surface area contributed by atoms with Gasteiger partial charge in [-0.15, -0.1) is 11.3 Å². The van der Waals surface area contributed by atoms with E-state index in [0.29, 0.717) is 26.9 Å². The van der Waals surface area contributed by atoms with Crippen LogP contribution in [0.25, 0.3) is 32.3 Å². The Bertz CT molecular complexity index is 1920. The molecular weight excluding hydrogens is 522 g/mol.